The molecular formula is C8H5ClF2N2O3. The summed E-state index contributed by atoms with van der Waals surface area (Å²) in [4.78, 5) is 23.5. The van der Waals surface area contributed by atoms with Crippen molar-refractivity contribution in [2.24, 2.45) is 0 Å². The van der Waals surface area contributed by atoms with Gasteiger partial charge in [-0.2, -0.15) is 0 Å². The Labute approximate surface area is 93.2 Å². The molecule has 8 heteroatoms. The van der Waals surface area contributed by atoms with Crippen molar-refractivity contribution in [1.29, 1.82) is 0 Å². The summed E-state index contributed by atoms with van der Waals surface area (Å²) in [6.45, 7) is 1.32. The summed E-state index contributed by atoms with van der Waals surface area (Å²) in [5.74, 6) is 0. The van der Waals surface area contributed by atoms with E-state index >= 15 is 0 Å². The van der Waals surface area contributed by atoms with Crippen molar-refractivity contribution in [1.82, 2.24) is 4.98 Å². The molecule has 0 aliphatic rings. The highest BCUT2D eigenvalue weighted by Gasteiger charge is 2.26. The van der Waals surface area contributed by atoms with E-state index in [2.05, 4.69) is 4.98 Å². The maximum Gasteiger partial charge on any atom is 0.296 e. The Morgan fingerprint density at radius 2 is 2.19 bits per heavy atom. The zero-order valence-electron chi connectivity index (χ0n) is 7.91. The minimum atomic E-state index is -3.14. The van der Waals surface area contributed by atoms with Crippen molar-refractivity contribution in [2.75, 3.05) is 0 Å². The minimum absolute atomic E-state index is 0.0797. The number of alkyl halides is 2. The molecule has 86 valence electrons. The predicted octanol–water partition coefficient (Wildman–Crippen LogP) is 2.61. The minimum Gasteiger partial charge on any atom is -0.274 e. The van der Waals surface area contributed by atoms with Gasteiger partial charge in [0, 0.05) is 6.07 Å². The molecular weight excluding hydrogens is 246 g/mol. The molecule has 0 aromatic carbocycles. The summed E-state index contributed by atoms with van der Waals surface area (Å²) in [7, 11) is 0. The van der Waals surface area contributed by atoms with Crippen LogP contribution >= 0.6 is 11.6 Å². The highest BCUT2D eigenvalue weighted by molar-refractivity contribution is 6.67. The second-order valence-electron chi connectivity index (χ2n) is 2.89. The van der Waals surface area contributed by atoms with E-state index in [1.165, 1.54) is 6.92 Å². The summed E-state index contributed by atoms with van der Waals surface area (Å²) >= 11 is 5.10. The van der Waals surface area contributed by atoms with Gasteiger partial charge in [-0.3, -0.25) is 14.9 Å². The van der Waals surface area contributed by atoms with Crippen LogP contribution in [0.25, 0.3) is 0 Å². The summed E-state index contributed by atoms with van der Waals surface area (Å²) in [6, 6.07) is 0.851. The van der Waals surface area contributed by atoms with Crippen molar-refractivity contribution < 1.29 is 18.5 Å². The molecule has 0 saturated carbocycles. The number of aryl methyl sites for hydroxylation is 1. The Morgan fingerprint density at radius 3 is 2.56 bits per heavy atom. The third-order valence-corrected chi connectivity index (χ3v) is 1.99. The third-order valence-electron chi connectivity index (χ3n) is 1.81. The molecule has 1 rings (SSSR count). The van der Waals surface area contributed by atoms with Crippen LogP contribution in [0.4, 0.5) is 14.5 Å². The number of aromatic nitrogens is 1. The van der Waals surface area contributed by atoms with E-state index in [0.29, 0.717) is 0 Å². The van der Waals surface area contributed by atoms with Crippen molar-refractivity contribution in [3.63, 3.8) is 0 Å². The van der Waals surface area contributed by atoms with Gasteiger partial charge in [0.2, 0.25) is 0 Å². The average Bonchev–Trinajstić information content (AvgIpc) is 2.15. The van der Waals surface area contributed by atoms with Crippen LogP contribution in [-0.2, 0) is 0 Å². The Kier molecular flexibility index (Phi) is 3.48. The lowest BCUT2D eigenvalue weighted by Crippen LogP contribution is -2.06. The van der Waals surface area contributed by atoms with Gasteiger partial charge in [-0.15, -0.1) is 0 Å². The van der Waals surface area contributed by atoms with Crippen LogP contribution in [0.15, 0.2) is 6.07 Å². The highest BCUT2D eigenvalue weighted by atomic mass is 35.5. The smallest absolute Gasteiger partial charge is 0.274 e. The van der Waals surface area contributed by atoms with Crippen molar-refractivity contribution in [3.05, 3.63) is 33.1 Å². The molecule has 0 fully saturated rings. The van der Waals surface area contributed by atoms with Gasteiger partial charge >= 0.3 is 0 Å². The first-order valence-corrected chi connectivity index (χ1v) is 4.36. The number of pyridine rings is 1. The molecule has 0 atom stereocenters. The van der Waals surface area contributed by atoms with Gasteiger partial charge in [0.1, 0.15) is 5.69 Å². The third kappa shape index (κ3) is 2.30. The second kappa shape index (κ2) is 4.48. The number of carbonyl (C=O) groups is 1. The zero-order valence-corrected chi connectivity index (χ0v) is 8.66. The summed E-state index contributed by atoms with van der Waals surface area (Å²) in [5, 5.41) is 9.44. The first-order chi connectivity index (χ1) is 7.34. The number of carbonyl (C=O) groups excluding carboxylic acids is 1. The quantitative estimate of drug-likeness (QED) is 0.469. The molecule has 0 aliphatic carbocycles. The van der Waals surface area contributed by atoms with E-state index < -0.39 is 33.7 Å². The van der Waals surface area contributed by atoms with E-state index in [9.17, 15) is 23.7 Å². The molecule has 0 aliphatic heterocycles. The lowest BCUT2D eigenvalue weighted by Gasteiger charge is -2.05. The molecule has 0 N–H and O–H groups in total. The van der Waals surface area contributed by atoms with E-state index in [-0.39, 0.29) is 5.56 Å². The largest absolute Gasteiger partial charge is 0.296 e. The monoisotopic (exact) mass is 250 g/mol. The van der Waals surface area contributed by atoms with Crippen LogP contribution in [0.2, 0.25) is 0 Å². The summed E-state index contributed by atoms with van der Waals surface area (Å²) in [6.07, 6.45) is -3.14. The number of hydrogen-bond acceptors (Lipinski definition) is 4. The molecule has 0 radical (unpaired) electrons. The van der Waals surface area contributed by atoms with Crippen molar-refractivity contribution >= 4 is 22.5 Å². The number of nitro groups is 1. The van der Waals surface area contributed by atoms with E-state index in [1.807, 2.05) is 0 Å². The number of nitrogens with zero attached hydrogens (tertiary/aromatic N) is 2. The topological polar surface area (TPSA) is 73.1 Å². The molecule has 0 amide bonds. The fourth-order valence-electron chi connectivity index (χ4n) is 1.12. The van der Waals surface area contributed by atoms with Gasteiger partial charge in [-0.05, 0) is 24.1 Å². The lowest BCUT2D eigenvalue weighted by molar-refractivity contribution is -0.386. The van der Waals surface area contributed by atoms with E-state index in [0.717, 1.165) is 6.07 Å². The standard InChI is InChI=1S/C8H5ClF2N2O3/c1-3-2-4(13(15)16)6(8(10)11)12-5(3)7(9)14/h2,8H,1H3. The van der Waals surface area contributed by atoms with Crippen LogP contribution in [0, 0.1) is 17.0 Å². The van der Waals surface area contributed by atoms with Gasteiger partial charge in [0.05, 0.1) is 4.92 Å². The maximum atomic E-state index is 12.4. The second-order valence-corrected chi connectivity index (χ2v) is 3.23. The van der Waals surface area contributed by atoms with Crippen LogP contribution in [0.5, 0.6) is 0 Å². The molecule has 0 saturated heterocycles. The molecule has 1 heterocycles. The predicted molar refractivity (Wildman–Crippen MR) is 50.8 cm³/mol. The average molecular weight is 251 g/mol. The fourth-order valence-corrected chi connectivity index (χ4v) is 1.31. The Bertz CT molecular complexity index is 465. The SMILES string of the molecule is Cc1cc([N+](=O)[O-])c(C(F)F)nc1C(=O)Cl. The number of hydrogen-bond donors (Lipinski definition) is 0. The van der Waals surface area contributed by atoms with Gasteiger partial charge in [0.25, 0.3) is 17.4 Å². The highest BCUT2D eigenvalue weighted by Crippen LogP contribution is 2.29. The van der Waals surface area contributed by atoms with Crippen LogP contribution in [0.1, 0.15) is 28.2 Å². The van der Waals surface area contributed by atoms with E-state index in [4.69, 9.17) is 11.6 Å². The van der Waals surface area contributed by atoms with Crippen molar-refractivity contribution in [3.8, 4) is 0 Å². The Morgan fingerprint density at radius 1 is 1.62 bits per heavy atom. The Balaban J connectivity index is 3.49. The molecule has 16 heavy (non-hydrogen) atoms. The molecule has 0 spiro atoms. The van der Waals surface area contributed by atoms with Crippen molar-refractivity contribution in [2.45, 2.75) is 13.3 Å². The van der Waals surface area contributed by atoms with Crippen LogP contribution < -0.4 is 0 Å². The molecule has 5 nitrogen and oxygen atoms in total. The lowest BCUT2D eigenvalue weighted by atomic mass is 10.2. The fraction of sp³-hybridized carbons (Fsp3) is 0.250. The first-order valence-electron chi connectivity index (χ1n) is 3.98. The van der Waals surface area contributed by atoms with Gasteiger partial charge in [0.15, 0.2) is 5.69 Å². The first kappa shape index (κ1) is 12.4. The van der Waals surface area contributed by atoms with Gasteiger partial charge < -0.3 is 0 Å². The van der Waals surface area contributed by atoms with Crippen LogP contribution in [0.3, 0.4) is 0 Å². The van der Waals surface area contributed by atoms with E-state index in [1.54, 1.807) is 0 Å². The molecule has 1 aromatic heterocycles. The number of halogens is 3. The summed E-state index contributed by atoms with van der Waals surface area (Å²) in [5.41, 5.74) is -2.20. The molecule has 1 aromatic rings. The molecule has 0 unspecified atom stereocenters. The zero-order chi connectivity index (χ0) is 12.5. The van der Waals surface area contributed by atoms with Gasteiger partial charge in [-0.1, -0.05) is 0 Å². The maximum absolute atomic E-state index is 12.4. The normalized spacial score (nSPS) is 10.6. The molecule has 0 bridgehead atoms. The number of rotatable bonds is 3. The summed E-state index contributed by atoms with van der Waals surface area (Å²) < 4.78 is 24.9. The van der Waals surface area contributed by atoms with Crippen LogP contribution in [-0.4, -0.2) is 15.1 Å². The van der Waals surface area contributed by atoms with Gasteiger partial charge in [-0.25, -0.2) is 13.8 Å². The Hall–Kier alpha value is -1.63.